The normalized spacial score (nSPS) is 11.0. The van der Waals surface area contributed by atoms with E-state index in [0.29, 0.717) is 6.54 Å². The van der Waals surface area contributed by atoms with Gasteiger partial charge in [-0.2, -0.15) is 9.61 Å². The molecule has 0 saturated heterocycles. The number of rotatable bonds is 9. The van der Waals surface area contributed by atoms with Crippen LogP contribution in [0.1, 0.15) is 18.9 Å². The molecule has 1 atom stereocenters. The van der Waals surface area contributed by atoms with Crippen LogP contribution in [0.2, 0.25) is 0 Å². The number of nitrogens with one attached hydrogen (secondary N) is 2. The first-order valence-electron chi connectivity index (χ1n) is 8.36. The third-order valence-electron chi connectivity index (χ3n) is 3.67. The van der Waals surface area contributed by atoms with E-state index in [9.17, 15) is 0 Å². The van der Waals surface area contributed by atoms with Gasteiger partial charge in [0.1, 0.15) is 11.6 Å². The Balaban J connectivity index is 1.73. The lowest BCUT2D eigenvalue weighted by Crippen LogP contribution is -2.11. The molecule has 0 aliphatic carbocycles. The molecule has 0 fully saturated rings. The van der Waals surface area contributed by atoms with Crippen molar-refractivity contribution in [2.24, 2.45) is 0 Å². The van der Waals surface area contributed by atoms with Gasteiger partial charge in [-0.25, -0.2) is 4.98 Å². The van der Waals surface area contributed by atoms with Crippen molar-refractivity contribution < 1.29 is 4.74 Å². The topological polar surface area (TPSA) is 76.4 Å². The zero-order chi connectivity index (χ0) is 17.5. The molecule has 0 aromatic carbocycles. The minimum absolute atomic E-state index is 0.669. The van der Waals surface area contributed by atoms with E-state index in [1.807, 2.05) is 35.8 Å². The summed E-state index contributed by atoms with van der Waals surface area (Å²) in [5.41, 5.74) is 1.92. The predicted molar refractivity (Wildman–Crippen MR) is 103 cm³/mol. The molecular weight excluding hydrogens is 335 g/mol. The molecule has 2 N–H and O–H groups in total. The maximum absolute atomic E-state index is 5.36. The average molecular weight is 358 g/mol. The van der Waals surface area contributed by atoms with E-state index in [-0.39, 0.29) is 0 Å². The minimum atomic E-state index is 0.669. The van der Waals surface area contributed by atoms with Crippen LogP contribution in [0.25, 0.3) is 5.65 Å². The summed E-state index contributed by atoms with van der Waals surface area (Å²) < 4.78 is 7.17. The minimum Gasteiger partial charge on any atom is -0.382 e. The zero-order valence-corrected chi connectivity index (χ0v) is 15.4. The summed E-state index contributed by atoms with van der Waals surface area (Å²) in [6.45, 7) is 4.98. The van der Waals surface area contributed by atoms with Crippen molar-refractivity contribution in [1.82, 2.24) is 19.6 Å². The fourth-order valence-corrected chi connectivity index (χ4v) is 2.68. The molecule has 3 heterocycles. The number of hydrogen-bond acceptors (Lipinski definition) is 6. The molecule has 0 bridgehead atoms. The van der Waals surface area contributed by atoms with Crippen molar-refractivity contribution in [2.45, 2.75) is 19.9 Å². The SMILES string of the molecule is CCOCCCNc1cc(NCc2cccnc2)n2ncc(P)c2n1. The number of nitrogens with zero attached hydrogens (tertiary/aromatic N) is 4. The molecule has 0 spiro atoms. The van der Waals surface area contributed by atoms with Crippen molar-refractivity contribution in [3.63, 3.8) is 0 Å². The third-order valence-corrected chi connectivity index (χ3v) is 4.08. The van der Waals surface area contributed by atoms with E-state index in [4.69, 9.17) is 4.74 Å². The first-order valence-corrected chi connectivity index (χ1v) is 8.94. The predicted octanol–water partition coefficient (Wildman–Crippen LogP) is 2.08. The second-order valence-electron chi connectivity index (χ2n) is 5.55. The fraction of sp³-hybridized carbons (Fsp3) is 0.353. The van der Waals surface area contributed by atoms with Gasteiger partial charge in [-0.1, -0.05) is 15.3 Å². The Morgan fingerprint density at radius 3 is 3.00 bits per heavy atom. The summed E-state index contributed by atoms with van der Waals surface area (Å²) in [5.74, 6) is 1.71. The van der Waals surface area contributed by atoms with Gasteiger partial charge in [0.15, 0.2) is 5.65 Å². The number of anilines is 2. The van der Waals surface area contributed by atoms with Gasteiger partial charge in [0, 0.05) is 50.1 Å². The molecule has 3 aromatic heterocycles. The summed E-state index contributed by atoms with van der Waals surface area (Å²) in [5, 5.41) is 12.1. The van der Waals surface area contributed by atoms with E-state index >= 15 is 0 Å². The van der Waals surface area contributed by atoms with Crippen LogP contribution < -0.4 is 15.9 Å². The Morgan fingerprint density at radius 2 is 2.20 bits per heavy atom. The van der Waals surface area contributed by atoms with E-state index in [0.717, 1.165) is 54.3 Å². The van der Waals surface area contributed by atoms with Gasteiger partial charge in [-0.3, -0.25) is 4.98 Å². The Labute approximate surface area is 149 Å². The molecule has 0 radical (unpaired) electrons. The van der Waals surface area contributed by atoms with Gasteiger partial charge < -0.3 is 15.4 Å². The summed E-state index contributed by atoms with van der Waals surface area (Å²) in [6, 6.07) is 5.94. The van der Waals surface area contributed by atoms with E-state index < -0.39 is 0 Å². The maximum atomic E-state index is 5.36. The Hall–Kier alpha value is -2.24. The summed E-state index contributed by atoms with van der Waals surface area (Å²) in [7, 11) is 2.67. The highest BCUT2D eigenvalue weighted by molar-refractivity contribution is 7.28. The lowest BCUT2D eigenvalue weighted by atomic mass is 10.3. The lowest BCUT2D eigenvalue weighted by molar-refractivity contribution is 0.147. The van der Waals surface area contributed by atoms with E-state index in [2.05, 4.69) is 34.9 Å². The van der Waals surface area contributed by atoms with Crippen LogP contribution in [0.3, 0.4) is 0 Å². The first-order chi connectivity index (χ1) is 12.3. The molecule has 3 rings (SSSR count). The number of aromatic nitrogens is 4. The summed E-state index contributed by atoms with van der Waals surface area (Å²) in [4.78, 5) is 8.79. The first kappa shape index (κ1) is 17.6. The van der Waals surface area contributed by atoms with E-state index in [1.54, 1.807) is 12.4 Å². The van der Waals surface area contributed by atoms with Gasteiger partial charge in [-0.15, -0.1) is 0 Å². The highest BCUT2D eigenvalue weighted by Gasteiger charge is 2.09. The number of hydrogen-bond donors (Lipinski definition) is 2. The molecule has 8 heteroatoms. The van der Waals surface area contributed by atoms with Crippen LogP contribution in [0.5, 0.6) is 0 Å². The molecular formula is C17H23N6OP. The smallest absolute Gasteiger partial charge is 0.166 e. The Bertz CT molecular complexity index is 808. The second kappa shape index (κ2) is 8.74. The van der Waals surface area contributed by atoms with Crippen molar-refractivity contribution in [2.75, 3.05) is 30.4 Å². The molecule has 132 valence electrons. The highest BCUT2D eigenvalue weighted by atomic mass is 31.0. The molecule has 25 heavy (non-hydrogen) atoms. The van der Waals surface area contributed by atoms with Crippen LogP contribution in [0.4, 0.5) is 11.6 Å². The van der Waals surface area contributed by atoms with Gasteiger partial charge in [0.25, 0.3) is 0 Å². The average Bonchev–Trinajstić information content (AvgIpc) is 3.02. The third kappa shape index (κ3) is 4.65. The van der Waals surface area contributed by atoms with Gasteiger partial charge in [0.05, 0.1) is 6.20 Å². The maximum Gasteiger partial charge on any atom is 0.166 e. The van der Waals surface area contributed by atoms with Crippen LogP contribution >= 0.6 is 9.24 Å². The standard InChI is InChI=1S/C17H23N6OP/c1-2-24-8-4-7-19-15-9-16(20-11-13-5-3-6-18-10-13)23-17(22-15)14(25)12-21-23/h3,5-6,9-10,12,20H,2,4,7-8,11,25H2,1H3,(H,19,22). The van der Waals surface area contributed by atoms with Crippen LogP contribution in [0, 0.1) is 0 Å². The monoisotopic (exact) mass is 358 g/mol. The summed E-state index contributed by atoms with van der Waals surface area (Å²) in [6.07, 6.45) is 6.35. The second-order valence-corrected chi connectivity index (χ2v) is 6.18. The fourth-order valence-electron chi connectivity index (χ4n) is 2.43. The summed E-state index contributed by atoms with van der Waals surface area (Å²) >= 11 is 0. The quantitative estimate of drug-likeness (QED) is 0.451. The number of pyridine rings is 1. The van der Waals surface area contributed by atoms with Crippen molar-refractivity contribution in [1.29, 1.82) is 0 Å². The highest BCUT2D eigenvalue weighted by Crippen LogP contribution is 2.17. The Kier molecular flexibility index (Phi) is 6.14. The number of ether oxygens (including phenoxy) is 1. The van der Waals surface area contributed by atoms with Crippen molar-refractivity contribution in [3.05, 3.63) is 42.4 Å². The van der Waals surface area contributed by atoms with Gasteiger partial charge in [-0.05, 0) is 25.0 Å². The lowest BCUT2D eigenvalue weighted by Gasteiger charge is -2.12. The molecule has 3 aromatic rings. The molecule has 0 aliphatic heterocycles. The molecule has 0 saturated carbocycles. The molecule has 0 aliphatic rings. The van der Waals surface area contributed by atoms with Crippen molar-refractivity contribution in [3.8, 4) is 0 Å². The van der Waals surface area contributed by atoms with Gasteiger partial charge >= 0.3 is 0 Å². The zero-order valence-electron chi connectivity index (χ0n) is 14.3. The number of fused-ring (bicyclic) bond motifs is 1. The molecule has 1 unspecified atom stereocenters. The van der Waals surface area contributed by atoms with Crippen molar-refractivity contribution >= 4 is 31.8 Å². The van der Waals surface area contributed by atoms with Crippen LogP contribution in [-0.4, -0.2) is 39.3 Å². The van der Waals surface area contributed by atoms with Crippen LogP contribution in [-0.2, 0) is 11.3 Å². The van der Waals surface area contributed by atoms with E-state index in [1.165, 1.54) is 0 Å². The molecule has 0 amide bonds. The molecule has 7 nitrogen and oxygen atoms in total. The van der Waals surface area contributed by atoms with Crippen LogP contribution in [0.15, 0.2) is 36.8 Å². The van der Waals surface area contributed by atoms with Gasteiger partial charge in [0.2, 0.25) is 0 Å². The Morgan fingerprint density at radius 1 is 1.28 bits per heavy atom. The largest absolute Gasteiger partial charge is 0.382 e.